The van der Waals surface area contributed by atoms with Crippen LogP contribution in [0.4, 0.5) is 13.6 Å². The van der Waals surface area contributed by atoms with Crippen molar-refractivity contribution in [2.75, 3.05) is 6.54 Å². The van der Waals surface area contributed by atoms with Gasteiger partial charge < -0.3 is 4.74 Å². The van der Waals surface area contributed by atoms with Crippen LogP contribution < -0.4 is 0 Å². The number of nitrogens with zero attached hydrogens (tertiary/aromatic N) is 1. The zero-order valence-electron chi connectivity index (χ0n) is 15.4. The quantitative estimate of drug-likeness (QED) is 0.760. The summed E-state index contributed by atoms with van der Waals surface area (Å²) in [5.41, 5.74) is -0.456. The lowest BCUT2D eigenvalue weighted by Gasteiger charge is -2.28. The second kappa shape index (κ2) is 7.91. The maximum atomic E-state index is 14.6. The minimum Gasteiger partial charge on any atom is -0.444 e. The Labute approximate surface area is 157 Å². The van der Waals surface area contributed by atoms with Crippen LogP contribution in [-0.4, -0.2) is 41.1 Å². The van der Waals surface area contributed by atoms with Gasteiger partial charge in [0.1, 0.15) is 23.6 Å². The fourth-order valence-corrected chi connectivity index (χ4v) is 3.21. The molecule has 1 amide bonds. The maximum Gasteiger partial charge on any atom is 0.411 e. The van der Waals surface area contributed by atoms with Gasteiger partial charge in [0.05, 0.1) is 5.02 Å². The van der Waals surface area contributed by atoms with E-state index in [0.29, 0.717) is 0 Å². The number of aryl methyl sites for hydroxylation is 1. The Morgan fingerprint density at radius 3 is 2.62 bits per heavy atom. The highest BCUT2D eigenvalue weighted by molar-refractivity contribution is 6.30. The van der Waals surface area contributed by atoms with Gasteiger partial charge in [-0.05, 0) is 38.8 Å². The summed E-state index contributed by atoms with van der Waals surface area (Å²) in [6.45, 7) is 6.87. The number of carbonyl (C=O) groups excluding carboxylic acids is 2. The Balaban J connectivity index is 2.11. The number of hydrogen-bond donors (Lipinski definition) is 0. The van der Waals surface area contributed by atoms with Crippen molar-refractivity contribution >= 4 is 23.5 Å². The van der Waals surface area contributed by atoms with E-state index in [0.717, 1.165) is 4.90 Å². The first-order valence-corrected chi connectivity index (χ1v) is 8.98. The Kier molecular flexibility index (Phi) is 6.27. The second-order valence-corrected chi connectivity index (χ2v) is 8.09. The van der Waals surface area contributed by atoms with Gasteiger partial charge in [0.25, 0.3) is 0 Å². The predicted molar refractivity (Wildman–Crippen MR) is 95.5 cm³/mol. The third-order valence-electron chi connectivity index (χ3n) is 4.30. The van der Waals surface area contributed by atoms with Crippen molar-refractivity contribution in [3.63, 3.8) is 0 Å². The topological polar surface area (TPSA) is 46.6 Å². The highest BCUT2D eigenvalue weighted by Gasteiger charge is 2.47. The number of hydrogen-bond acceptors (Lipinski definition) is 3. The van der Waals surface area contributed by atoms with Crippen molar-refractivity contribution in [1.82, 2.24) is 4.90 Å². The number of ether oxygens (including phenoxy) is 1. The van der Waals surface area contributed by atoms with Gasteiger partial charge in [-0.15, -0.1) is 0 Å². The van der Waals surface area contributed by atoms with Crippen LogP contribution in [0.3, 0.4) is 0 Å². The lowest BCUT2D eigenvalue weighted by Crippen LogP contribution is -2.46. The molecule has 1 fully saturated rings. The molecule has 2 rings (SSSR count). The van der Waals surface area contributed by atoms with E-state index in [1.54, 1.807) is 33.8 Å². The highest BCUT2D eigenvalue weighted by atomic mass is 35.5. The Bertz CT molecular complexity index is 690. The van der Waals surface area contributed by atoms with E-state index in [1.165, 1.54) is 12.1 Å². The van der Waals surface area contributed by atoms with Gasteiger partial charge in [0.2, 0.25) is 0 Å². The van der Waals surface area contributed by atoms with E-state index >= 15 is 0 Å². The van der Waals surface area contributed by atoms with Crippen molar-refractivity contribution < 1.29 is 23.1 Å². The number of halogens is 3. The minimum absolute atomic E-state index is 0.0248. The smallest absolute Gasteiger partial charge is 0.411 e. The Morgan fingerprint density at radius 2 is 2.00 bits per heavy atom. The zero-order chi connectivity index (χ0) is 19.6. The summed E-state index contributed by atoms with van der Waals surface area (Å²) in [6.07, 6.45) is -2.18. The summed E-state index contributed by atoms with van der Waals surface area (Å²) in [5, 5.41) is -0.0248. The normalized spacial score (nSPS) is 23.2. The fraction of sp³-hybridized carbons (Fsp3) is 0.579. The molecule has 0 spiro atoms. The van der Waals surface area contributed by atoms with Crippen molar-refractivity contribution in [3.05, 3.63) is 34.6 Å². The van der Waals surface area contributed by atoms with E-state index in [1.807, 2.05) is 0 Å². The van der Waals surface area contributed by atoms with Crippen LogP contribution in [0, 0.1) is 11.7 Å². The number of rotatable bonds is 4. The third kappa shape index (κ3) is 4.72. The van der Waals surface area contributed by atoms with E-state index in [2.05, 4.69) is 0 Å². The molecule has 0 bridgehead atoms. The molecule has 0 radical (unpaired) electrons. The number of amides is 1. The predicted octanol–water partition coefficient (Wildman–Crippen LogP) is 4.57. The molecule has 1 aliphatic heterocycles. The number of carbonyl (C=O) groups is 2. The van der Waals surface area contributed by atoms with Crippen LogP contribution in [0.25, 0.3) is 0 Å². The molecule has 0 saturated carbocycles. The number of alkyl halides is 1. The van der Waals surface area contributed by atoms with Crippen LogP contribution in [0.2, 0.25) is 5.02 Å². The molecule has 1 aromatic rings. The molecule has 3 atom stereocenters. The standard InChI is InChI=1S/C19H24ClF2NO3/c1-11-10-23(18(25)26-19(2,3)4)17(15(11)21)14(24)9-8-12-6-5-7-13(20)16(12)22/h5-7,11,15,17H,8-10H2,1-4H3/t11-,15+,17-/m1/s1. The van der Waals surface area contributed by atoms with Crippen molar-refractivity contribution in [3.8, 4) is 0 Å². The first-order valence-electron chi connectivity index (χ1n) is 8.60. The molecule has 26 heavy (non-hydrogen) atoms. The summed E-state index contributed by atoms with van der Waals surface area (Å²) in [7, 11) is 0. The summed E-state index contributed by atoms with van der Waals surface area (Å²) in [6, 6.07) is 3.34. The second-order valence-electron chi connectivity index (χ2n) is 7.68. The Hall–Kier alpha value is -1.69. The first-order chi connectivity index (χ1) is 12.0. The molecule has 1 aromatic carbocycles. The maximum absolute atomic E-state index is 14.6. The summed E-state index contributed by atoms with van der Waals surface area (Å²) in [4.78, 5) is 26.1. The average Bonchev–Trinajstić information content (AvgIpc) is 2.83. The van der Waals surface area contributed by atoms with Gasteiger partial charge in [-0.25, -0.2) is 13.6 Å². The molecule has 0 unspecified atom stereocenters. The van der Waals surface area contributed by atoms with Gasteiger partial charge in [0.15, 0.2) is 5.78 Å². The third-order valence-corrected chi connectivity index (χ3v) is 4.59. The monoisotopic (exact) mass is 387 g/mol. The lowest BCUT2D eigenvalue weighted by molar-refractivity contribution is -0.124. The molecule has 7 heteroatoms. The summed E-state index contributed by atoms with van der Waals surface area (Å²) in [5.74, 6) is -1.51. The van der Waals surface area contributed by atoms with E-state index in [9.17, 15) is 18.4 Å². The number of Topliss-reactive ketones (excluding diaryl/α,β-unsaturated/α-hetero) is 1. The SMILES string of the molecule is C[C@@H]1CN(C(=O)OC(C)(C)C)[C@H](C(=O)CCc2cccc(Cl)c2F)[C@H]1F. The van der Waals surface area contributed by atoms with Gasteiger partial charge in [0, 0.05) is 18.9 Å². The molecule has 0 aromatic heterocycles. The van der Waals surface area contributed by atoms with Gasteiger partial charge in [-0.3, -0.25) is 9.69 Å². The van der Waals surface area contributed by atoms with Crippen molar-refractivity contribution in [2.24, 2.45) is 5.92 Å². The highest BCUT2D eigenvalue weighted by Crippen LogP contribution is 2.30. The molecule has 1 heterocycles. The van der Waals surface area contributed by atoms with Gasteiger partial charge >= 0.3 is 6.09 Å². The van der Waals surface area contributed by atoms with Crippen LogP contribution in [-0.2, 0) is 16.0 Å². The van der Waals surface area contributed by atoms with E-state index in [4.69, 9.17) is 16.3 Å². The zero-order valence-corrected chi connectivity index (χ0v) is 16.1. The molecular formula is C19H24ClF2NO3. The number of benzene rings is 1. The molecule has 1 aliphatic rings. The van der Waals surface area contributed by atoms with Gasteiger partial charge in [-0.1, -0.05) is 30.7 Å². The largest absolute Gasteiger partial charge is 0.444 e. The van der Waals surface area contributed by atoms with Gasteiger partial charge in [-0.2, -0.15) is 0 Å². The molecule has 4 nitrogen and oxygen atoms in total. The number of ketones is 1. The van der Waals surface area contributed by atoms with Crippen LogP contribution >= 0.6 is 11.6 Å². The molecule has 144 valence electrons. The number of likely N-dealkylation sites (tertiary alicyclic amines) is 1. The average molecular weight is 388 g/mol. The van der Waals surface area contributed by atoms with E-state index in [-0.39, 0.29) is 30.0 Å². The molecule has 0 aliphatic carbocycles. The van der Waals surface area contributed by atoms with Crippen LogP contribution in [0.5, 0.6) is 0 Å². The van der Waals surface area contributed by atoms with Crippen molar-refractivity contribution in [2.45, 2.75) is 58.4 Å². The van der Waals surface area contributed by atoms with Crippen molar-refractivity contribution in [1.29, 1.82) is 0 Å². The molecule has 0 N–H and O–H groups in total. The van der Waals surface area contributed by atoms with Crippen LogP contribution in [0.15, 0.2) is 18.2 Å². The summed E-state index contributed by atoms with van der Waals surface area (Å²) >= 11 is 5.74. The summed E-state index contributed by atoms with van der Waals surface area (Å²) < 4.78 is 33.8. The Morgan fingerprint density at radius 1 is 1.35 bits per heavy atom. The molecular weight excluding hydrogens is 364 g/mol. The first kappa shape index (κ1) is 20.6. The fourth-order valence-electron chi connectivity index (χ4n) is 3.01. The van der Waals surface area contributed by atoms with E-state index < -0.39 is 41.4 Å². The van der Waals surface area contributed by atoms with Crippen LogP contribution in [0.1, 0.15) is 39.7 Å². The minimum atomic E-state index is -1.47. The lowest BCUT2D eigenvalue weighted by atomic mass is 9.98. The molecule has 1 saturated heterocycles.